The Labute approximate surface area is 213 Å². The Morgan fingerprint density at radius 2 is 1.95 bits per heavy atom. The van der Waals surface area contributed by atoms with Crippen molar-refractivity contribution in [1.29, 1.82) is 0 Å². The quantitative estimate of drug-likeness (QED) is 0.162. The molecule has 0 aliphatic heterocycles. The number of nitro benzene ring substituents is 1. The summed E-state index contributed by atoms with van der Waals surface area (Å²) >= 11 is 0. The first-order chi connectivity index (χ1) is 18.2. The number of amides is 1. The number of nitrogens with one attached hydrogen (secondary N) is 1. The second kappa shape index (κ2) is 11.5. The number of unbranched alkanes of at least 4 members (excludes halogenated alkanes) is 1. The average Bonchev–Trinajstić information content (AvgIpc) is 3.58. The Morgan fingerprint density at radius 1 is 1.16 bits per heavy atom. The van der Waals surface area contributed by atoms with Gasteiger partial charge in [-0.3, -0.25) is 19.6 Å². The summed E-state index contributed by atoms with van der Waals surface area (Å²) in [5, 5.41) is 21.1. The molecule has 4 aromatic rings. The van der Waals surface area contributed by atoms with E-state index >= 15 is 0 Å². The van der Waals surface area contributed by atoms with Crippen molar-refractivity contribution in [2.75, 3.05) is 5.32 Å². The van der Waals surface area contributed by atoms with Gasteiger partial charge in [0.1, 0.15) is 17.7 Å². The third-order valence-corrected chi connectivity index (χ3v) is 5.41. The number of halogens is 3. The van der Waals surface area contributed by atoms with Crippen LogP contribution in [0.5, 0.6) is 5.75 Å². The van der Waals surface area contributed by atoms with Crippen LogP contribution in [0.25, 0.3) is 0 Å². The molecule has 198 valence electrons. The van der Waals surface area contributed by atoms with Crippen LogP contribution in [0.15, 0.2) is 65.5 Å². The lowest BCUT2D eigenvalue weighted by Crippen LogP contribution is -2.14. The summed E-state index contributed by atoms with van der Waals surface area (Å²) in [4.78, 5) is 26.6. The Kier molecular flexibility index (Phi) is 7.99. The van der Waals surface area contributed by atoms with Crippen molar-refractivity contribution in [2.24, 2.45) is 0 Å². The Morgan fingerprint density at radius 3 is 2.63 bits per heavy atom. The van der Waals surface area contributed by atoms with Gasteiger partial charge < -0.3 is 14.5 Å². The van der Waals surface area contributed by atoms with Crippen molar-refractivity contribution in [3.05, 3.63) is 93.9 Å². The molecule has 0 saturated heterocycles. The molecular formula is C24H21F3N6O5. The van der Waals surface area contributed by atoms with E-state index in [1.54, 1.807) is 23.0 Å². The van der Waals surface area contributed by atoms with Gasteiger partial charge in [-0.15, -0.1) is 5.10 Å². The molecule has 2 heterocycles. The highest BCUT2D eigenvalue weighted by Crippen LogP contribution is 2.35. The Bertz CT molecular complexity index is 1390. The van der Waals surface area contributed by atoms with Gasteiger partial charge in [-0.1, -0.05) is 17.3 Å². The van der Waals surface area contributed by atoms with E-state index in [1.165, 1.54) is 0 Å². The molecule has 0 atom stereocenters. The maximum absolute atomic E-state index is 12.9. The van der Waals surface area contributed by atoms with Crippen LogP contribution >= 0.6 is 0 Å². The summed E-state index contributed by atoms with van der Waals surface area (Å²) in [5.74, 6) is -0.272. The number of nitrogens with zero attached hydrogens (tertiary/aromatic N) is 5. The molecule has 0 fully saturated rings. The standard InChI is InChI=1S/C24H21F3N6O5/c25-24(26,27)17-6-9-19(21(13-17)33(35)36)30-23(34)20-14-38-22(29-20)15-37-18-7-4-16(5-8-18)3-1-2-11-32-12-10-28-31-32/h4-10,12-14H,1-3,11,15H2,(H,30,34). The topological polar surface area (TPSA) is 138 Å². The average molecular weight is 530 g/mol. The molecule has 0 aliphatic rings. The largest absolute Gasteiger partial charge is 0.484 e. The van der Waals surface area contributed by atoms with Gasteiger partial charge in [-0.2, -0.15) is 13.2 Å². The van der Waals surface area contributed by atoms with E-state index in [0.717, 1.165) is 43.7 Å². The van der Waals surface area contributed by atoms with E-state index in [0.29, 0.717) is 17.9 Å². The number of rotatable bonds is 11. The molecule has 0 saturated carbocycles. The van der Waals surface area contributed by atoms with E-state index in [4.69, 9.17) is 9.15 Å². The molecule has 4 rings (SSSR count). The number of carbonyl (C=O) groups excluding carboxylic acids is 1. The van der Waals surface area contributed by atoms with Crippen molar-refractivity contribution in [1.82, 2.24) is 20.0 Å². The number of anilines is 1. The van der Waals surface area contributed by atoms with Gasteiger partial charge in [0.25, 0.3) is 11.6 Å². The number of alkyl halides is 3. The fourth-order valence-electron chi connectivity index (χ4n) is 3.48. The van der Waals surface area contributed by atoms with Crippen LogP contribution in [-0.4, -0.2) is 30.8 Å². The number of hydrogen-bond donors (Lipinski definition) is 1. The maximum Gasteiger partial charge on any atom is 0.416 e. The highest BCUT2D eigenvalue weighted by atomic mass is 19.4. The van der Waals surface area contributed by atoms with Crippen LogP contribution in [0, 0.1) is 10.1 Å². The zero-order valence-electron chi connectivity index (χ0n) is 19.7. The molecular weight excluding hydrogens is 509 g/mol. The molecule has 38 heavy (non-hydrogen) atoms. The van der Waals surface area contributed by atoms with Gasteiger partial charge in [0, 0.05) is 18.8 Å². The molecule has 0 radical (unpaired) electrons. The molecule has 11 nitrogen and oxygen atoms in total. The highest BCUT2D eigenvalue weighted by molar-refractivity contribution is 6.03. The molecule has 1 N–H and O–H groups in total. The summed E-state index contributed by atoms with van der Waals surface area (Å²) in [6.45, 7) is 0.712. The minimum absolute atomic E-state index is 0.0641. The van der Waals surface area contributed by atoms with Gasteiger partial charge in [0.2, 0.25) is 5.89 Å². The lowest BCUT2D eigenvalue weighted by Gasteiger charge is -2.09. The van der Waals surface area contributed by atoms with Gasteiger partial charge in [0.15, 0.2) is 12.3 Å². The molecule has 2 aromatic carbocycles. The summed E-state index contributed by atoms with van der Waals surface area (Å²) in [5.41, 5.74) is -1.60. The van der Waals surface area contributed by atoms with Crippen LogP contribution < -0.4 is 10.1 Å². The molecule has 2 aromatic heterocycles. The van der Waals surface area contributed by atoms with Crippen LogP contribution in [-0.2, 0) is 25.7 Å². The third-order valence-electron chi connectivity index (χ3n) is 5.41. The van der Waals surface area contributed by atoms with E-state index in [1.807, 2.05) is 18.3 Å². The second-order valence-electron chi connectivity index (χ2n) is 8.12. The first kappa shape index (κ1) is 26.3. The third kappa shape index (κ3) is 6.93. The van der Waals surface area contributed by atoms with E-state index in [2.05, 4.69) is 20.6 Å². The van der Waals surface area contributed by atoms with Crippen LogP contribution in [0.3, 0.4) is 0 Å². The summed E-state index contributed by atoms with van der Waals surface area (Å²) in [6.07, 6.45) is 2.56. The van der Waals surface area contributed by atoms with Crippen molar-refractivity contribution in [3.63, 3.8) is 0 Å². The summed E-state index contributed by atoms with van der Waals surface area (Å²) < 4.78 is 51.2. The fourth-order valence-corrected chi connectivity index (χ4v) is 3.48. The number of aryl methyl sites for hydroxylation is 2. The lowest BCUT2D eigenvalue weighted by molar-refractivity contribution is -0.384. The predicted octanol–water partition coefficient (Wildman–Crippen LogP) is 5.05. The lowest BCUT2D eigenvalue weighted by atomic mass is 10.1. The number of benzene rings is 2. The Balaban J connectivity index is 1.28. The fraction of sp³-hybridized carbons (Fsp3) is 0.250. The number of hydrogen-bond acceptors (Lipinski definition) is 8. The minimum Gasteiger partial charge on any atom is -0.484 e. The van der Waals surface area contributed by atoms with Gasteiger partial charge in [-0.25, -0.2) is 4.98 Å². The smallest absolute Gasteiger partial charge is 0.416 e. The second-order valence-corrected chi connectivity index (χ2v) is 8.12. The van der Waals surface area contributed by atoms with Crippen LogP contribution in [0.1, 0.15) is 40.3 Å². The van der Waals surface area contributed by atoms with Crippen LogP contribution in [0.2, 0.25) is 0 Å². The number of carbonyl (C=O) groups is 1. The molecule has 1 amide bonds. The van der Waals surface area contributed by atoms with E-state index < -0.39 is 33.9 Å². The van der Waals surface area contributed by atoms with Crippen molar-refractivity contribution in [3.8, 4) is 5.75 Å². The SMILES string of the molecule is O=C(Nc1ccc(C(F)(F)F)cc1[N+](=O)[O-])c1coc(COc2ccc(CCCCn3ccnn3)cc2)n1. The number of ether oxygens (including phenoxy) is 1. The van der Waals surface area contributed by atoms with E-state index in [-0.39, 0.29) is 18.2 Å². The Hall–Kier alpha value is -4.75. The van der Waals surface area contributed by atoms with Gasteiger partial charge in [0.05, 0.1) is 16.7 Å². The molecule has 0 spiro atoms. The minimum atomic E-state index is -4.77. The zero-order valence-corrected chi connectivity index (χ0v) is 19.7. The highest BCUT2D eigenvalue weighted by Gasteiger charge is 2.33. The molecule has 14 heteroatoms. The molecule has 0 aliphatic carbocycles. The predicted molar refractivity (Wildman–Crippen MR) is 126 cm³/mol. The normalized spacial score (nSPS) is 11.3. The first-order valence-corrected chi connectivity index (χ1v) is 11.4. The first-order valence-electron chi connectivity index (χ1n) is 11.4. The van der Waals surface area contributed by atoms with Gasteiger partial charge in [-0.05, 0) is 49.1 Å². The van der Waals surface area contributed by atoms with Crippen LogP contribution in [0.4, 0.5) is 24.5 Å². The van der Waals surface area contributed by atoms with Crippen molar-refractivity contribution in [2.45, 2.75) is 38.6 Å². The maximum atomic E-state index is 12.9. The van der Waals surface area contributed by atoms with Crippen molar-refractivity contribution < 1.29 is 32.0 Å². The monoisotopic (exact) mass is 530 g/mol. The summed E-state index contributed by atoms with van der Waals surface area (Å²) in [6, 6.07) is 9.27. The van der Waals surface area contributed by atoms with E-state index in [9.17, 15) is 28.1 Å². The summed E-state index contributed by atoms with van der Waals surface area (Å²) in [7, 11) is 0. The molecule has 0 bridgehead atoms. The van der Waals surface area contributed by atoms with Crippen molar-refractivity contribution >= 4 is 17.3 Å². The number of aromatic nitrogens is 4. The molecule has 0 unspecified atom stereocenters. The van der Waals surface area contributed by atoms with Gasteiger partial charge >= 0.3 is 6.18 Å². The zero-order chi connectivity index (χ0) is 27.1. The number of nitro groups is 1. The number of oxazole rings is 1.